The van der Waals surface area contributed by atoms with E-state index in [4.69, 9.17) is 4.74 Å². The van der Waals surface area contributed by atoms with Crippen LogP contribution in [0.5, 0.6) is 0 Å². The molecule has 2 rings (SSSR count). The lowest BCUT2D eigenvalue weighted by Gasteiger charge is -2.31. The van der Waals surface area contributed by atoms with E-state index in [2.05, 4.69) is 50.2 Å². The number of hydrogen-bond donors (Lipinski definition) is 1. The first-order valence-electron chi connectivity index (χ1n) is 5.98. The maximum absolute atomic E-state index is 5.45. The van der Waals surface area contributed by atoms with Gasteiger partial charge in [-0.25, -0.2) is 0 Å². The molecule has 1 unspecified atom stereocenters. The summed E-state index contributed by atoms with van der Waals surface area (Å²) in [4.78, 5) is 0. The number of halogens is 2. The van der Waals surface area contributed by atoms with Crippen molar-refractivity contribution in [3.8, 4) is 0 Å². The summed E-state index contributed by atoms with van der Waals surface area (Å²) < 4.78 is 7.88. The largest absolute Gasteiger partial charge is 0.381 e. The van der Waals surface area contributed by atoms with Gasteiger partial charge in [-0.05, 0) is 68.8 Å². The van der Waals surface area contributed by atoms with Crippen LogP contribution >= 0.6 is 43.2 Å². The summed E-state index contributed by atoms with van der Waals surface area (Å²) in [5.74, 6) is 0.682. The molecule has 0 amide bonds. The Hall–Kier alpha value is 0.580. The highest BCUT2D eigenvalue weighted by Crippen LogP contribution is 2.40. The predicted molar refractivity (Wildman–Crippen MR) is 79.7 cm³/mol. The maximum Gasteiger partial charge on any atom is 0.0758 e. The van der Waals surface area contributed by atoms with Crippen LogP contribution in [0, 0.1) is 5.92 Å². The molecule has 1 aromatic rings. The van der Waals surface area contributed by atoms with Gasteiger partial charge in [0.15, 0.2) is 0 Å². The van der Waals surface area contributed by atoms with E-state index >= 15 is 0 Å². The van der Waals surface area contributed by atoms with Crippen molar-refractivity contribution in [2.75, 3.05) is 19.8 Å². The lowest BCUT2D eigenvalue weighted by Crippen LogP contribution is -2.32. The number of hydrogen-bond acceptors (Lipinski definition) is 3. The number of ether oxygens (including phenoxy) is 1. The van der Waals surface area contributed by atoms with Crippen molar-refractivity contribution in [3.05, 3.63) is 19.2 Å². The minimum atomic E-state index is 0.445. The summed E-state index contributed by atoms with van der Waals surface area (Å²) >= 11 is 8.98. The standard InChI is InChI=1S/C12H17Br2NOS/c1-2-15-11(8-3-5-16-6-4-8)9-7-10(13)17-12(9)14/h7-8,11,15H,2-6H2,1H3. The molecule has 1 aromatic heterocycles. The SMILES string of the molecule is CCNC(c1cc(Br)sc1Br)C1CCOCC1. The fourth-order valence-corrected chi connectivity index (χ4v) is 5.29. The van der Waals surface area contributed by atoms with Crippen molar-refractivity contribution in [3.63, 3.8) is 0 Å². The van der Waals surface area contributed by atoms with Crippen molar-refractivity contribution in [1.82, 2.24) is 5.32 Å². The Kier molecular flexibility index (Phi) is 5.49. The van der Waals surface area contributed by atoms with Gasteiger partial charge in [0.25, 0.3) is 0 Å². The van der Waals surface area contributed by atoms with Crippen molar-refractivity contribution >= 4 is 43.2 Å². The maximum atomic E-state index is 5.45. The van der Waals surface area contributed by atoms with Gasteiger partial charge >= 0.3 is 0 Å². The van der Waals surface area contributed by atoms with E-state index in [1.165, 1.54) is 13.1 Å². The van der Waals surface area contributed by atoms with Crippen LogP contribution in [0.2, 0.25) is 0 Å². The van der Waals surface area contributed by atoms with Gasteiger partial charge in [-0.1, -0.05) is 6.92 Å². The molecule has 0 spiro atoms. The van der Waals surface area contributed by atoms with Crippen LogP contribution in [0.3, 0.4) is 0 Å². The highest BCUT2D eigenvalue weighted by molar-refractivity contribution is 9.12. The average molecular weight is 383 g/mol. The Morgan fingerprint density at radius 1 is 1.47 bits per heavy atom. The molecular weight excluding hydrogens is 366 g/mol. The molecule has 0 bridgehead atoms. The number of rotatable bonds is 4. The molecule has 1 atom stereocenters. The Morgan fingerprint density at radius 2 is 2.18 bits per heavy atom. The molecule has 2 heterocycles. The molecule has 0 radical (unpaired) electrons. The smallest absolute Gasteiger partial charge is 0.0758 e. The van der Waals surface area contributed by atoms with Crippen molar-refractivity contribution in [2.24, 2.45) is 5.92 Å². The van der Waals surface area contributed by atoms with Crippen LogP contribution in [-0.2, 0) is 4.74 Å². The minimum Gasteiger partial charge on any atom is -0.381 e. The fraction of sp³-hybridized carbons (Fsp3) is 0.667. The Bertz CT molecular complexity index is 363. The predicted octanol–water partition coefficient (Wildman–Crippen LogP) is 4.35. The zero-order chi connectivity index (χ0) is 12.3. The highest BCUT2D eigenvalue weighted by Gasteiger charge is 2.27. The summed E-state index contributed by atoms with van der Waals surface area (Å²) in [6, 6.07) is 2.68. The Labute approximate surface area is 123 Å². The summed E-state index contributed by atoms with van der Waals surface area (Å²) in [5, 5.41) is 3.62. The lowest BCUT2D eigenvalue weighted by atomic mass is 9.88. The zero-order valence-corrected chi connectivity index (χ0v) is 13.8. The summed E-state index contributed by atoms with van der Waals surface area (Å²) in [6.45, 7) is 4.97. The monoisotopic (exact) mass is 381 g/mol. The van der Waals surface area contributed by atoms with Crippen molar-refractivity contribution < 1.29 is 4.74 Å². The third-order valence-corrected chi connectivity index (χ3v) is 5.57. The van der Waals surface area contributed by atoms with Gasteiger partial charge in [0.1, 0.15) is 0 Å². The first-order chi connectivity index (χ1) is 8.22. The number of nitrogens with one attached hydrogen (secondary N) is 1. The van der Waals surface area contributed by atoms with E-state index in [0.717, 1.165) is 32.6 Å². The van der Waals surface area contributed by atoms with E-state index in [1.807, 2.05) is 0 Å². The molecule has 2 nitrogen and oxygen atoms in total. The van der Waals surface area contributed by atoms with Crippen LogP contribution in [0.15, 0.2) is 13.6 Å². The highest BCUT2D eigenvalue weighted by atomic mass is 79.9. The average Bonchev–Trinajstić information content (AvgIpc) is 2.66. The van der Waals surface area contributed by atoms with Gasteiger partial charge in [-0.15, -0.1) is 11.3 Å². The van der Waals surface area contributed by atoms with Crippen LogP contribution in [0.25, 0.3) is 0 Å². The number of thiophene rings is 1. The zero-order valence-electron chi connectivity index (χ0n) is 9.84. The molecule has 96 valence electrons. The molecule has 1 aliphatic heterocycles. The molecular formula is C12H17Br2NOS. The van der Waals surface area contributed by atoms with Crippen LogP contribution in [-0.4, -0.2) is 19.8 Å². The molecule has 1 fully saturated rings. The molecule has 0 aliphatic carbocycles. The lowest BCUT2D eigenvalue weighted by molar-refractivity contribution is 0.0538. The summed E-state index contributed by atoms with van der Waals surface area (Å²) in [6.07, 6.45) is 2.30. The van der Waals surface area contributed by atoms with E-state index in [1.54, 1.807) is 11.3 Å². The van der Waals surface area contributed by atoms with Gasteiger partial charge in [0.2, 0.25) is 0 Å². The normalized spacial score (nSPS) is 19.5. The second-order valence-corrected chi connectivity index (χ2v) is 8.01. The third-order valence-electron chi connectivity index (χ3n) is 3.18. The first-order valence-corrected chi connectivity index (χ1v) is 8.38. The Morgan fingerprint density at radius 3 is 2.71 bits per heavy atom. The van der Waals surface area contributed by atoms with Gasteiger partial charge in [0, 0.05) is 19.3 Å². The first kappa shape index (κ1) is 14.0. The van der Waals surface area contributed by atoms with Crippen LogP contribution in [0.4, 0.5) is 0 Å². The molecule has 17 heavy (non-hydrogen) atoms. The van der Waals surface area contributed by atoms with Gasteiger partial charge < -0.3 is 10.1 Å². The molecule has 0 aromatic carbocycles. The van der Waals surface area contributed by atoms with Gasteiger partial charge in [-0.2, -0.15) is 0 Å². The van der Waals surface area contributed by atoms with Crippen molar-refractivity contribution in [1.29, 1.82) is 0 Å². The van der Waals surface area contributed by atoms with E-state index in [9.17, 15) is 0 Å². The second-order valence-electron chi connectivity index (χ2n) is 4.26. The van der Waals surface area contributed by atoms with Gasteiger partial charge in [-0.3, -0.25) is 0 Å². The minimum absolute atomic E-state index is 0.445. The third kappa shape index (κ3) is 3.53. The van der Waals surface area contributed by atoms with Crippen LogP contribution in [0.1, 0.15) is 31.4 Å². The van der Waals surface area contributed by atoms with Crippen LogP contribution < -0.4 is 5.32 Å². The van der Waals surface area contributed by atoms with Gasteiger partial charge in [0.05, 0.1) is 7.57 Å². The van der Waals surface area contributed by atoms with E-state index < -0.39 is 0 Å². The quantitative estimate of drug-likeness (QED) is 0.835. The van der Waals surface area contributed by atoms with Crippen molar-refractivity contribution in [2.45, 2.75) is 25.8 Å². The summed E-state index contributed by atoms with van der Waals surface area (Å²) in [7, 11) is 0. The molecule has 1 saturated heterocycles. The molecule has 0 saturated carbocycles. The van der Waals surface area contributed by atoms with E-state index in [-0.39, 0.29) is 0 Å². The summed E-state index contributed by atoms with van der Waals surface area (Å²) in [5.41, 5.74) is 1.38. The molecule has 1 aliphatic rings. The Balaban J connectivity index is 2.18. The second kappa shape index (κ2) is 6.66. The van der Waals surface area contributed by atoms with E-state index in [0.29, 0.717) is 12.0 Å². The molecule has 1 N–H and O–H groups in total. The topological polar surface area (TPSA) is 21.3 Å². The fourth-order valence-electron chi connectivity index (χ4n) is 2.36. The molecule has 5 heteroatoms.